The number of nitrogen functional groups attached to an aromatic ring is 1. The van der Waals surface area contributed by atoms with Gasteiger partial charge in [-0.1, -0.05) is 0 Å². The van der Waals surface area contributed by atoms with Crippen LogP contribution in [-0.2, 0) is 0 Å². The first kappa shape index (κ1) is 11.9. The van der Waals surface area contributed by atoms with E-state index in [0.29, 0.717) is 0 Å². The van der Waals surface area contributed by atoms with Crippen molar-refractivity contribution in [3.05, 3.63) is 22.5 Å². The van der Waals surface area contributed by atoms with Gasteiger partial charge in [0.15, 0.2) is 5.88 Å². The van der Waals surface area contributed by atoms with Gasteiger partial charge in [0.1, 0.15) is 6.61 Å². The highest BCUT2D eigenvalue weighted by Crippen LogP contribution is 2.03. The van der Waals surface area contributed by atoms with Crippen molar-refractivity contribution < 1.29 is 14.6 Å². The number of rotatable bonds is 4. The second-order valence-corrected chi connectivity index (χ2v) is 3.28. The number of carboxylic acid groups (broad SMARTS) is 1. The molecule has 0 aromatic carbocycles. The number of anilines is 1. The standard InChI is InChI=1S/C9H13N3O4/c1-5(12-9(14)15)4-16-8-2-7(13)6(10)3-11-8/h2-3,5,12H,4,10H2,1H3,(H,11,13)(H,14,15)/t5-/m0/s1. The molecule has 0 aliphatic carbocycles. The zero-order valence-corrected chi connectivity index (χ0v) is 8.69. The van der Waals surface area contributed by atoms with Crippen LogP contribution in [0.1, 0.15) is 6.92 Å². The summed E-state index contributed by atoms with van der Waals surface area (Å²) in [6, 6.07) is 0.835. The Balaban J connectivity index is 2.51. The number of pyridine rings is 1. The minimum atomic E-state index is -1.12. The van der Waals surface area contributed by atoms with Crippen molar-refractivity contribution in [1.29, 1.82) is 0 Å². The van der Waals surface area contributed by atoms with Crippen LogP contribution in [0.3, 0.4) is 0 Å². The first-order valence-corrected chi connectivity index (χ1v) is 4.59. The topological polar surface area (TPSA) is 117 Å². The number of nitrogens with one attached hydrogen (secondary N) is 2. The first-order chi connectivity index (χ1) is 7.49. The maximum Gasteiger partial charge on any atom is 0.404 e. The zero-order valence-electron chi connectivity index (χ0n) is 8.69. The van der Waals surface area contributed by atoms with Gasteiger partial charge in [-0.3, -0.25) is 4.79 Å². The molecule has 0 fully saturated rings. The van der Waals surface area contributed by atoms with Crippen molar-refractivity contribution in [2.45, 2.75) is 13.0 Å². The molecule has 7 nitrogen and oxygen atoms in total. The van der Waals surface area contributed by atoms with Crippen LogP contribution < -0.4 is 21.2 Å². The zero-order chi connectivity index (χ0) is 12.1. The third-order valence-corrected chi connectivity index (χ3v) is 1.78. The Kier molecular flexibility index (Phi) is 3.76. The van der Waals surface area contributed by atoms with Crippen molar-refractivity contribution in [2.75, 3.05) is 12.3 Å². The SMILES string of the molecule is C[C@@H](COc1cc(=O)c(N)c[nH]1)NC(=O)O. The largest absolute Gasteiger partial charge is 0.477 e. The summed E-state index contributed by atoms with van der Waals surface area (Å²) in [5, 5.41) is 10.6. The van der Waals surface area contributed by atoms with E-state index in [1.54, 1.807) is 6.92 Å². The lowest BCUT2D eigenvalue weighted by Gasteiger charge is -2.12. The maximum absolute atomic E-state index is 11.1. The molecule has 1 aromatic rings. The number of aromatic nitrogens is 1. The average Bonchev–Trinajstić information content (AvgIpc) is 2.19. The van der Waals surface area contributed by atoms with Crippen molar-refractivity contribution in [2.24, 2.45) is 0 Å². The van der Waals surface area contributed by atoms with Crippen molar-refractivity contribution in [1.82, 2.24) is 10.3 Å². The predicted molar refractivity (Wildman–Crippen MR) is 57.6 cm³/mol. The maximum atomic E-state index is 11.1. The fraction of sp³-hybridized carbons (Fsp3) is 0.333. The summed E-state index contributed by atoms with van der Waals surface area (Å²) < 4.78 is 5.17. The molecule has 0 saturated carbocycles. The molecule has 0 spiro atoms. The third-order valence-electron chi connectivity index (χ3n) is 1.78. The Labute approximate surface area is 91.2 Å². The lowest BCUT2D eigenvalue weighted by molar-refractivity contribution is 0.182. The smallest absolute Gasteiger partial charge is 0.404 e. The van der Waals surface area contributed by atoms with Crippen LogP contribution in [0.15, 0.2) is 17.1 Å². The van der Waals surface area contributed by atoms with E-state index in [1.807, 2.05) is 0 Å². The molecule has 0 saturated heterocycles. The number of hydrogen-bond acceptors (Lipinski definition) is 4. The highest BCUT2D eigenvalue weighted by atomic mass is 16.5. The Morgan fingerprint density at radius 2 is 2.44 bits per heavy atom. The number of amides is 1. The first-order valence-electron chi connectivity index (χ1n) is 4.59. The number of H-pyrrole nitrogens is 1. The van der Waals surface area contributed by atoms with Crippen LogP contribution in [0, 0.1) is 0 Å². The molecule has 1 heterocycles. The number of ether oxygens (including phenoxy) is 1. The second kappa shape index (κ2) is 5.06. The van der Waals surface area contributed by atoms with E-state index in [2.05, 4.69) is 10.3 Å². The van der Waals surface area contributed by atoms with Crippen LogP contribution in [0.4, 0.5) is 10.5 Å². The fourth-order valence-corrected chi connectivity index (χ4v) is 1.01. The van der Waals surface area contributed by atoms with Crippen LogP contribution in [0.25, 0.3) is 0 Å². The van der Waals surface area contributed by atoms with Gasteiger partial charge < -0.3 is 25.9 Å². The summed E-state index contributed by atoms with van der Waals surface area (Å²) in [6.45, 7) is 1.76. The fourth-order valence-electron chi connectivity index (χ4n) is 1.01. The monoisotopic (exact) mass is 227 g/mol. The van der Waals surface area contributed by atoms with Gasteiger partial charge in [0.25, 0.3) is 0 Å². The van der Waals surface area contributed by atoms with Gasteiger partial charge >= 0.3 is 6.09 Å². The van der Waals surface area contributed by atoms with E-state index in [9.17, 15) is 9.59 Å². The summed E-state index contributed by atoms with van der Waals surface area (Å²) in [7, 11) is 0. The molecule has 1 amide bonds. The van der Waals surface area contributed by atoms with E-state index in [0.717, 1.165) is 0 Å². The summed E-state index contributed by atoms with van der Waals surface area (Å²) in [6.07, 6.45) is 0.203. The van der Waals surface area contributed by atoms with E-state index in [1.165, 1.54) is 12.3 Å². The van der Waals surface area contributed by atoms with Crippen molar-refractivity contribution in [3.63, 3.8) is 0 Å². The van der Waals surface area contributed by atoms with Gasteiger partial charge in [0.05, 0.1) is 11.7 Å². The van der Waals surface area contributed by atoms with Gasteiger partial charge in [-0.2, -0.15) is 0 Å². The molecule has 1 aromatic heterocycles. The highest BCUT2D eigenvalue weighted by Gasteiger charge is 2.06. The molecule has 1 rings (SSSR count). The third kappa shape index (κ3) is 3.52. The molecular formula is C9H13N3O4. The predicted octanol–water partition coefficient (Wildman–Crippen LogP) is -0.00800. The minimum absolute atomic E-state index is 0.101. The molecule has 5 N–H and O–H groups in total. The van der Waals surface area contributed by atoms with E-state index in [-0.39, 0.29) is 29.6 Å². The molecule has 16 heavy (non-hydrogen) atoms. The lowest BCUT2D eigenvalue weighted by Crippen LogP contribution is -2.35. The van der Waals surface area contributed by atoms with Crippen LogP contribution in [0.2, 0.25) is 0 Å². The summed E-state index contributed by atoms with van der Waals surface area (Å²) in [4.78, 5) is 24.1. The average molecular weight is 227 g/mol. The number of carbonyl (C=O) groups is 1. The van der Waals surface area contributed by atoms with Crippen molar-refractivity contribution >= 4 is 11.8 Å². The van der Waals surface area contributed by atoms with Crippen molar-refractivity contribution in [3.8, 4) is 5.88 Å². The Hall–Kier alpha value is -2.18. The van der Waals surface area contributed by atoms with Gasteiger partial charge in [0, 0.05) is 12.3 Å². The van der Waals surface area contributed by atoms with Crippen LogP contribution in [-0.4, -0.2) is 28.8 Å². The summed E-state index contributed by atoms with van der Waals surface area (Å²) >= 11 is 0. The lowest BCUT2D eigenvalue weighted by atomic mass is 10.4. The molecule has 7 heteroatoms. The number of aromatic amines is 1. The van der Waals surface area contributed by atoms with E-state index < -0.39 is 6.09 Å². The van der Waals surface area contributed by atoms with Crippen LogP contribution in [0.5, 0.6) is 5.88 Å². The normalized spacial score (nSPS) is 11.8. The van der Waals surface area contributed by atoms with Gasteiger partial charge in [-0.25, -0.2) is 4.79 Å². The molecule has 0 radical (unpaired) electrons. The Morgan fingerprint density at radius 3 is 3.00 bits per heavy atom. The Morgan fingerprint density at radius 1 is 1.75 bits per heavy atom. The van der Waals surface area contributed by atoms with Crippen LogP contribution >= 0.6 is 0 Å². The van der Waals surface area contributed by atoms with Gasteiger partial charge in [-0.15, -0.1) is 0 Å². The van der Waals surface area contributed by atoms with E-state index >= 15 is 0 Å². The molecule has 0 bridgehead atoms. The van der Waals surface area contributed by atoms with Gasteiger partial charge in [0.2, 0.25) is 5.43 Å². The molecule has 0 aliphatic heterocycles. The summed E-state index contributed by atoms with van der Waals surface area (Å²) in [5.41, 5.74) is 5.08. The quantitative estimate of drug-likeness (QED) is 0.577. The number of nitrogens with two attached hydrogens (primary N) is 1. The molecule has 0 aliphatic rings. The second-order valence-electron chi connectivity index (χ2n) is 3.28. The molecule has 0 unspecified atom stereocenters. The van der Waals surface area contributed by atoms with Gasteiger partial charge in [-0.05, 0) is 6.92 Å². The molecular weight excluding hydrogens is 214 g/mol. The molecule has 88 valence electrons. The Bertz CT molecular complexity index is 429. The van der Waals surface area contributed by atoms with E-state index in [4.69, 9.17) is 15.6 Å². The summed E-state index contributed by atoms with van der Waals surface area (Å²) in [5.74, 6) is 0.248. The molecule has 1 atom stereocenters. The minimum Gasteiger partial charge on any atom is -0.477 e. The highest BCUT2D eigenvalue weighted by molar-refractivity contribution is 5.64. The number of hydrogen-bond donors (Lipinski definition) is 4.